The molecule has 1 radical (unpaired) electrons. The molecular weight excluding hydrogens is 92.1 g/mol. The summed E-state index contributed by atoms with van der Waals surface area (Å²) in [7, 11) is 0. The smallest absolute Gasteiger partial charge is 0.132 e. The van der Waals surface area contributed by atoms with Crippen molar-refractivity contribution in [3.05, 3.63) is 18.0 Å². The minimum absolute atomic E-state index is 0.662. The van der Waals surface area contributed by atoms with Crippen LogP contribution >= 0.6 is 0 Å². The molecule has 0 aliphatic heterocycles. The van der Waals surface area contributed by atoms with Gasteiger partial charge in [0.15, 0.2) is 0 Å². The maximum absolute atomic E-state index is 8.40. The van der Waals surface area contributed by atoms with Gasteiger partial charge in [0.1, 0.15) is 6.20 Å². The number of aryl methyl sites for hydroxylation is 1. The van der Waals surface area contributed by atoms with Crippen LogP contribution in [0.1, 0.15) is 5.69 Å². The third kappa shape index (κ3) is 0.707. The summed E-state index contributed by atoms with van der Waals surface area (Å²) in [6, 6.07) is 1.60. The van der Waals surface area contributed by atoms with Gasteiger partial charge in [-0.1, -0.05) is 4.85 Å². The van der Waals surface area contributed by atoms with E-state index in [-0.39, 0.29) is 0 Å². The average molecular weight is 97.1 g/mol. The van der Waals surface area contributed by atoms with Gasteiger partial charge < -0.3 is 5.21 Å². The van der Waals surface area contributed by atoms with Crippen LogP contribution in [-0.2, 0) is 0 Å². The van der Waals surface area contributed by atoms with E-state index in [1.807, 2.05) is 0 Å². The highest BCUT2D eigenvalue weighted by molar-refractivity contribution is 4.91. The molecule has 3 heteroatoms. The van der Waals surface area contributed by atoms with Gasteiger partial charge in [-0.05, 0) is 13.0 Å². The third-order valence-electron chi connectivity index (χ3n) is 0.641. The Morgan fingerprint density at radius 2 is 2.71 bits per heavy atom. The van der Waals surface area contributed by atoms with Crippen LogP contribution in [-0.4, -0.2) is 15.2 Å². The van der Waals surface area contributed by atoms with E-state index in [1.54, 1.807) is 13.0 Å². The predicted molar refractivity (Wildman–Crippen MR) is 23.0 cm³/mol. The molecule has 0 aromatic carbocycles. The Morgan fingerprint density at radius 3 is 2.86 bits per heavy atom. The van der Waals surface area contributed by atoms with E-state index >= 15 is 0 Å². The van der Waals surface area contributed by atoms with E-state index in [0.29, 0.717) is 4.85 Å². The van der Waals surface area contributed by atoms with Gasteiger partial charge in [0.25, 0.3) is 0 Å². The maximum Gasteiger partial charge on any atom is 0.132 e. The first kappa shape index (κ1) is 4.18. The first-order valence-corrected chi connectivity index (χ1v) is 1.92. The highest BCUT2D eigenvalue weighted by Crippen LogP contribution is 1.85. The van der Waals surface area contributed by atoms with Crippen molar-refractivity contribution in [2.24, 2.45) is 0 Å². The Labute approximate surface area is 41.2 Å². The molecule has 0 spiro atoms. The van der Waals surface area contributed by atoms with E-state index in [0.717, 1.165) is 5.69 Å². The summed E-state index contributed by atoms with van der Waals surface area (Å²) < 4.78 is 0. The standard InChI is InChI=1S/C4H5N2O/c1-4-2-3-6(7)5-4/h2,7H,1H3. The lowest BCUT2D eigenvalue weighted by molar-refractivity contribution is 0.146. The Hall–Kier alpha value is -0.990. The predicted octanol–water partition coefficient (Wildman–Crippen LogP) is 0.229. The lowest BCUT2D eigenvalue weighted by Gasteiger charge is -1.78. The molecular formula is C4H5N2O. The van der Waals surface area contributed by atoms with Crippen molar-refractivity contribution in [1.82, 2.24) is 9.94 Å². The van der Waals surface area contributed by atoms with Crippen LogP contribution in [0.4, 0.5) is 0 Å². The Morgan fingerprint density at radius 1 is 2.00 bits per heavy atom. The van der Waals surface area contributed by atoms with Crippen molar-refractivity contribution in [1.29, 1.82) is 0 Å². The largest absolute Gasteiger partial charge is 0.411 e. The first-order valence-electron chi connectivity index (χ1n) is 1.92. The van der Waals surface area contributed by atoms with Crippen molar-refractivity contribution in [3.8, 4) is 0 Å². The fraction of sp³-hybridized carbons (Fsp3) is 0.250. The lowest BCUT2D eigenvalue weighted by atomic mass is 10.5. The molecule has 3 nitrogen and oxygen atoms in total. The molecule has 37 valence electrons. The molecule has 1 rings (SSSR count). The maximum atomic E-state index is 8.40. The molecule has 0 saturated heterocycles. The van der Waals surface area contributed by atoms with Gasteiger partial charge in [-0.3, -0.25) is 0 Å². The highest BCUT2D eigenvalue weighted by Gasteiger charge is 1.85. The van der Waals surface area contributed by atoms with Gasteiger partial charge in [0, 0.05) is 0 Å². The number of aromatic nitrogens is 2. The molecule has 0 bridgehead atoms. The normalized spacial score (nSPS) is 9.29. The molecule has 1 heterocycles. The van der Waals surface area contributed by atoms with Crippen LogP contribution in [0, 0.1) is 13.1 Å². The van der Waals surface area contributed by atoms with E-state index in [1.165, 1.54) is 0 Å². The topological polar surface area (TPSA) is 38.0 Å². The molecule has 0 atom stereocenters. The number of hydrogen-bond donors (Lipinski definition) is 1. The fourth-order valence-electron chi connectivity index (χ4n) is 0.358. The number of nitrogens with zero attached hydrogens (tertiary/aromatic N) is 2. The van der Waals surface area contributed by atoms with Crippen LogP contribution < -0.4 is 0 Å². The van der Waals surface area contributed by atoms with E-state index < -0.39 is 0 Å². The number of rotatable bonds is 0. The van der Waals surface area contributed by atoms with Gasteiger partial charge >= 0.3 is 0 Å². The minimum Gasteiger partial charge on any atom is -0.411 e. The summed E-state index contributed by atoms with van der Waals surface area (Å²) in [5.74, 6) is 0. The minimum atomic E-state index is 0.662. The van der Waals surface area contributed by atoms with Crippen molar-refractivity contribution in [2.45, 2.75) is 6.92 Å². The van der Waals surface area contributed by atoms with Crippen LogP contribution in [0.15, 0.2) is 6.07 Å². The molecule has 1 N–H and O–H groups in total. The molecule has 0 amide bonds. The zero-order valence-electron chi connectivity index (χ0n) is 3.92. The molecule has 1 aromatic rings. The number of hydrogen-bond acceptors (Lipinski definition) is 2. The quantitative estimate of drug-likeness (QED) is 0.470. The Kier molecular flexibility index (Phi) is 0.749. The van der Waals surface area contributed by atoms with E-state index in [4.69, 9.17) is 5.21 Å². The first-order chi connectivity index (χ1) is 3.29. The van der Waals surface area contributed by atoms with Crippen molar-refractivity contribution in [3.63, 3.8) is 0 Å². The van der Waals surface area contributed by atoms with Gasteiger partial charge in [-0.15, -0.1) is 5.10 Å². The molecule has 0 aliphatic carbocycles. The molecule has 0 saturated carbocycles. The van der Waals surface area contributed by atoms with E-state index in [2.05, 4.69) is 11.3 Å². The Balaban J connectivity index is 3.04. The lowest BCUT2D eigenvalue weighted by Crippen LogP contribution is -1.88. The SMILES string of the molecule is Cc1c[c]n(O)n1. The second-order valence-electron chi connectivity index (χ2n) is 1.30. The average Bonchev–Trinajstić information content (AvgIpc) is 1.87. The Bertz CT molecular complexity index is 142. The molecule has 0 aliphatic rings. The van der Waals surface area contributed by atoms with Gasteiger partial charge in [-0.25, -0.2) is 0 Å². The van der Waals surface area contributed by atoms with Crippen molar-refractivity contribution >= 4 is 0 Å². The summed E-state index contributed by atoms with van der Waals surface area (Å²) in [5.41, 5.74) is 0.766. The monoisotopic (exact) mass is 97.0 g/mol. The second kappa shape index (κ2) is 1.26. The zero-order valence-corrected chi connectivity index (χ0v) is 3.92. The van der Waals surface area contributed by atoms with Gasteiger partial charge in [0.2, 0.25) is 0 Å². The second-order valence-corrected chi connectivity index (χ2v) is 1.30. The molecule has 7 heavy (non-hydrogen) atoms. The van der Waals surface area contributed by atoms with Gasteiger partial charge in [-0.2, -0.15) is 0 Å². The highest BCUT2D eigenvalue weighted by atomic mass is 16.5. The van der Waals surface area contributed by atoms with Crippen LogP contribution in [0.5, 0.6) is 0 Å². The third-order valence-corrected chi connectivity index (χ3v) is 0.641. The zero-order chi connectivity index (χ0) is 5.28. The summed E-state index contributed by atoms with van der Waals surface area (Å²) in [6.45, 7) is 1.78. The molecule has 1 aromatic heterocycles. The van der Waals surface area contributed by atoms with Crippen LogP contribution in [0.2, 0.25) is 0 Å². The van der Waals surface area contributed by atoms with Crippen molar-refractivity contribution < 1.29 is 5.21 Å². The van der Waals surface area contributed by atoms with E-state index in [9.17, 15) is 0 Å². The van der Waals surface area contributed by atoms with Crippen LogP contribution in [0.3, 0.4) is 0 Å². The summed E-state index contributed by atoms with van der Waals surface area (Å²) >= 11 is 0. The van der Waals surface area contributed by atoms with Crippen LogP contribution in [0.25, 0.3) is 0 Å². The summed E-state index contributed by atoms with van der Waals surface area (Å²) in [6.07, 6.45) is 2.43. The fourth-order valence-corrected chi connectivity index (χ4v) is 0.358. The molecule has 0 unspecified atom stereocenters. The summed E-state index contributed by atoms with van der Waals surface area (Å²) in [5, 5.41) is 11.9. The molecule has 0 fully saturated rings. The summed E-state index contributed by atoms with van der Waals surface area (Å²) in [4.78, 5) is 0.662. The van der Waals surface area contributed by atoms with Gasteiger partial charge in [0.05, 0.1) is 5.69 Å². The van der Waals surface area contributed by atoms with Crippen molar-refractivity contribution in [2.75, 3.05) is 0 Å².